The lowest BCUT2D eigenvalue weighted by Gasteiger charge is -2.17. The SMILES string of the molecule is Cc1cnc(-c2ccnc(C(C)(C)O)n2)cc1-n1c(C)cc([C@H]2C[C@@H]2c2cncc(F)c2)c(Cl)c1=O. The molecule has 2 atom stereocenters. The van der Waals surface area contributed by atoms with Crippen molar-refractivity contribution in [3.8, 4) is 17.1 Å². The lowest BCUT2D eigenvalue weighted by atomic mass is 10.1. The second-order valence-corrected chi connectivity index (χ2v) is 10.1. The van der Waals surface area contributed by atoms with Gasteiger partial charge in [0.2, 0.25) is 0 Å². The number of halogens is 2. The lowest BCUT2D eigenvalue weighted by molar-refractivity contribution is 0.0688. The molecule has 1 aliphatic rings. The number of aromatic nitrogens is 5. The largest absolute Gasteiger partial charge is 0.382 e. The van der Waals surface area contributed by atoms with E-state index < -0.39 is 5.60 Å². The highest BCUT2D eigenvalue weighted by Crippen LogP contribution is 2.55. The van der Waals surface area contributed by atoms with Crippen molar-refractivity contribution in [2.24, 2.45) is 0 Å². The Hall–Kier alpha value is -3.49. The molecule has 0 saturated heterocycles. The van der Waals surface area contributed by atoms with Gasteiger partial charge in [0.05, 0.1) is 23.3 Å². The Morgan fingerprint density at radius 3 is 2.58 bits per heavy atom. The van der Waals surface area contributed by atoms with Gasteiger partial charge in [-0.3, -0.25) is 19.3 Å². The number of aliphatic hydroxyl groups is 1. The molecular formula is C27H25ClFN5O2. The molecule has 4 heterocycles. The molecule has 0 aromatic carbocycles. The smallest absolute Gasteiger partial charge is 0.274 e. The summed E-state index contributed by atoms with van der Waals surface area (Å²) in [6, 6.07) is 6.90. The second kappa shape index (κ2) is 8.87. The van der Waals surface area contributed by atoms with Gasteiger partial charge in [-0.05, 0) is 86.9 Å². The van der Waals surface area contributed by atoms with Gasteiger partial charge in [-0.15, -0.1) is 0 Å². The summed E-state index contributed by atoms with van der Waals surface area (Å²) in [6.45, 7) is 6.96. The van der Waals surface area contributed by atoms with Crippen LogP contribution in [-0.4, -0.2) is 29.6 Å². The van der Waals surface area contributed by atoms with E-state index in [9.17, 15) is 14.3 Å². The zero-order valence-corrected chi connectivity index (χ0v) is 21.1. The first kappa shape index (κ1) is 24.2. The van der Waals surface area contributed by atoms with Crippen LogP contribution >= 0.6 is 11.6 Å². The van der Waals surface area contributed by atoms with Gasteiger partial charge in [-0.25, -0.2) is 14.4 Å². The molecule has 0 radical (unpaired) electrons. The summed E-state index contributed by atoms with van der Waals surface area (Å²) in [7, 11) is 0. The number of hydrogen-bond acceptors (Lipinski definition) is 6. The molecule has 36 heavy (non-hydrogen) atoms. The first-order chi connectivity index (χ1) is 17.0. The van der Waals surface area contributed by atoms with Crippen molar-refractivity contribution in [3.05, 3.63) is 98.5 Å². The Kier molecular flexibility index (Phi) is 5.97. The number of hydrogen-bond donors (Lipinski definition) is 1. The highest BCUT2D eigenvalue weighted by Gasteiger charge is 2.42. The fraction of sp³-hybridized carbons (Fsp3) is 0.296. The number of aryl methyl sites for hydroxylation is 2. The molecule has 0 amide bonds. The van der Waals surface area contributed by atoms with Crippen LogP contribution in [-0.2, 0) is 5.60 Å². The van der Waals surface area contributed by atoms with Crippen LogP contribution in [0.5, 0.6) is 0 Å². The van der Waals surface area contributed by atoms with E-state index in [0.717, 1.165) is 28.8 Å². The van der Waals surface area contributed by atoms with Crippen LogP contribution in [0.25, 0.3) is 17.1 Å². The van der Waals surface area contributed by atoms with Crippen LogP contribution in [0.2, 0.25) is 5.02 Å². The van der Waals surface area contributed by atoms with Gasteiger partial charge in [0.15, 0.2) is 5.82 Å². The lowest BCUT2D eigenvalue weighted by Crippen LogP contribution is -2.23. The summed E-state index contributed by atoms with van der Waals surface area (Å²) < 4.78 is 15.2. The first-order valence-corrected chi connectivity index (χ1v) is 12.0. The monoisotopic (exact) mass is 505 g/mol. The molecule has 4 aromatic rings. The van der Waals surface area contributed by atoms with E-state index in [-0.39, 0.29) is 34.1 Å². The Morgan fingerprint density at radius 2 is 1.86 bits per heavy atom. The molecule has 0 bridgehead atoms. The topological polar surface area (TPSA) is 93.8 Å². The molecule has 0 unspecified atom stereocenters. The first-order valence-electron chi connectivity index (χ1n) is 11.6. The molecule has 4 aromatic heterocycles. The molecule has 1 fully saturated rings. The molecular weight excluding hydrogens is 481 g/mol. The summed E-state index contributed by atoms with van der Waals surface area (Å²) in [6.07, 6.45) is 6.87. The molecule has 184 valence electrons. The van der Waals surface area contributed by atoms with Gasteiger partial charge < -0.3 is 5.11 Å². The number of nitrogens with zero attached hydrogens (tertiary/aromatic N) is 5. The van der Waals surface area contributed by atoms with Gasteiger partial charge in [0.1, 0.15) is 16.4 Å². The quantitative estimate of drug-likeness (QED) is 0.410. The van der Waals surface area contributed by atoms with E-state index >= 15 is 0 Å². The van der Waals surface area contributed by atoms with E-state index in [4.69, 9.17) is 11.6 Å². The van der Waals surface area contributed by atoms with Crippen LogP contribution in [0.3, 0.4) is 0 Å². The molecule has 1 N–H and O–H groups in total. The van der Waals surface area contributed by atoms with Crippen LogP contribution in [0, 0.1) is 19.7 Å². The van der Waals surface area contributed by atoms with Crippen molar-refractivity contribution in [1.82, 2.24) is 24.5 Å². The van der Waals surface area contributed by atoms with Crippen molar-refractivity contribution in [2.45, 2.75) is 51.6 Å². The van der Waals surface area contributed by atoms with Crippen molar-refractivity contribution in [1.29, 1.82) is 0 Å². The van der Waals surface area contributed by atoms with Crippen LogP contribution in [0.1, 0.15) is 60.3 Å². The second-order valence-electron chi connectivity index (χ2n) is 9.76. The van der Waals surface area contributed by atoms with E-state index in [1.807, 2.05) is 19.9 Å². The Labute approximate surface area is 212 Å². The van der Waals surface area contributed by atoms with Gasteiger partial charge in [-0.2, -0.15) is 0 Å². The molecule has 7 nitrogen and oxygen atoms in total. The minimum Gasteiger partial charge on any atom is -0.382 e. The zero-order valence-electron chi connectivity index (χ0n) is 20.3. The Morgan fingerprint density at radius 1 is 1.08 bits per heavy atom. The fourth-order valence-electron chi connectivity index (χ4n) is 4.53. The summed E-state index contributed by atoms with van der Waals surface area (Å²) in [5.41, 5.74) is 3.27. The van der Waals surface area contributed by atoms with Gasteiger partial charge >= 0.3 is 0 Å². The van der Waals surface area contributed by atoms with Gasteiger partial charge in [0, 0.05) is 24.3 Å². The third-order valence-corrected chi connectivity index (χ3v) is 6.87. The normalized spacial score (nSPS) is 17.3. The minimum atomic E-state index is -1.21. The predicted octanol–water partition coefficient (Wildman–Crippen LogP) is 4.99. The summed E-state index contributed by atoms with van der Waals surface area (Å²) in [5.74, 6) is 0.0187. The minimum absolute atomic E-state index is 0.0394. The molecule has 1 saturated carbocycles. The molecule has 5 rings (SSSR count). The van der Waals surface area contributed by atoms with E-state index in [0.29, 0.717) is 17.1 Å². The van der Waals surface area contributed by atoms with Crippen molar-refractivity contribution >= 4 is 11.6 Å². The molecule has 1 aliphatic carbocycles. The van der Waals surface area contributed by atoms with Crippen molar-refractivity contribution < 1.29 is 9.50 Å². The van der Waals surface area contributed by atoms with Crippen molar-refractivity contribution in [2.75, 3.05) is 0 Å². The third-order valence-electron chi connectivity index (χ3n) is 6.49. The Bertz CT molecular complexity index is 1550. The zero-order chi connectivity index (χ0) is 25.8. The fourth-order valence-corrected chi connectivity index (χ4v) is 4.81. The molecule has 9 heteroatoms. The Balaban J connectivity index is 1.54. The summed E-state index contributed by atoms with van der Waals surface area (Å²) in [4.78, 5) is 30.6. The van der Waals surface area contributed by atoms with Crippen molar-refractivity contribution in [3.63, 3.8) is 0 Å². The van der Waals surface area contributed by atoms with E-state index in [1.54, 1.807) is 49.1 Å². The summed E-state index contributed by atoms with van der Waals surface area (Å²) >= 11 is 6.63. The van der Waals surface area contributed by atoms with Gasteiger partial charge in [0.25, 0.3) is 5.56 Å². The average molecular weight is 506 g/mol. The third kappa shape index (κ3) is 4.42. The van der Waals surface area contributed by atoms with Crippen LogP contribution in [0.15, 0.2) is 53.8 Å². The van der Waals surface area contributed by atoms with E-state index in [2.05, 4.69) is 19.9 Å². The average Bonchev–Trinajstić information content (AvgIpc) is 3.63. The standard InChI is InChI=1S/C27H25ClFN5O2/c1-14-11-32-22(21-5-6-31-26(33-21)27(3,4)36)10-23(14)34-15(2)7-20(24(28)25(34)35)19-9-18(19)16-8-17(29)13-30-12-16/h5-8,10-13,18-19,36H,9H2,1-4H3/t18-,19+/m1/s1. The van der Waals surface area contributed by atoms with Crippen LogP contribution < -0.4 is 5.56 Å². The predicted molar refractivity (Wildman–Crippen MR) is 135 cm³/mol. The van der Waals surface area contributed by atoms with Gasteiger partial charge in [-0.1, -0.05) is 11.6 Å². The number of pyridine rings is 3. The maximum Gasteiger partial charge on any atom is 0.274 e. The maximum absolute atomic E-state index is 13.6. The number of rotatable bonds is 5. The van der Waals surface area contributed by atoms with E-state index in [1.165, 1.54) is 12.3 Å². The maximum atomic E-state index is 13.6. The van der Waals surface area contributed by atoms with Crippen LogP contribution in [0.4, 0.5) is 4.39 Å². The highest BCUT2D eigenvalue weighted by molar-refractivity contribution is 6.31. The molecule has 0 spiro atoms. The highest BCUT2D eigenvalue weighted by atomic mass is 35.5. The summed E-state index contributed by atoms with van der Waals surface area (Å²) in [5, 5.41) is 10.4. The molecule has 0 aliphatic heterocycles.